The summed E-state index contributed by atoms with van der Waals surface area (Å²) in [5, 5.41) is 0. The fraction of sp³-hybridized carbons (Fsp3) is 0.533. The standard InChI is InChI=1S/C15H21N3O4S/c1-17(12-2-3-12)9-8-16-23(20,21)14-6-4-13(5-7-14)18-10-11-22-15(18)19/h4-7,12,16H,2-3,8-11H2,1H3. The molecular formula is C15H21N3O4S. The Morgan fingerprint density at radius 1 is 1.30 bits per heavy atom. The van der Waals surface area contributed by atoms with Gasteiger partial charge in [-0.05, 0) is 44.2 Å². The lowest BCUT2D eigenvalue weighted by Gasteiger charge is -2.16. The Morgan fingerprint density at radius 3 is 2.57 bits per heavy atom. The van der Waals surface area contributed by atoms with Crippen molar-refractivity contribution in [2.24, 2.45) is 0 Å². The summed E-state index contributed by atoms with van der Waals surface area (Å²) in [5.41, 5.74) is 0.639. The number of carbonyl (C=O) groups is 1. The average molecular weight is 339 g/mol. The van der Waals surface area contributed by atoms with Crippen LogP contribution >= 0.6 is 0 Å². The molecule has 23 heavy (non-hydrogen) atoms. The molecule has 2 fully saturated rings. The van der Waals surface area contributed by atoms with Gasteiger partial charge in [0.05, 0.1) is 11.4 Å². The normalized spacial score (nSPS) is 18.5. The molecule has 7 nitrogen and oxygen atoms in total. The number of nitrogens with zero attached hydrogens (tertiary/aromatic N) is 2. The van der Waals surface area contributed by atoms with E-state index in [9.17, 15) is 13.2 Å². The first-order valence-electron chi connectivity index (χ1n) is 7.72. The van der Waals surface area contributed by atoms with Crippen LogP contribution in [0.25, 0.3) is 0 Å². The summed E-state index contributed by atoms with van der Waals surface area (Å²) in [6, 6.07) is 6.87. The minimum absolute atomic E-state index is 0.197. The third kappa shape index (κ3) is 3.82. The molecule has 1 saturated carbocycles. The molecule has 1 aromatic rings. The highest BCUT2D eigenvalue weighted by Crippen LogP contribution is 2.25. The molecule has 1 N–H and O–H groups in total. The topological polar surface area (TPSA) is 79.0 Å². The first kappa shape index (κ1) is 16.2. The van der Waals surface area contributed by atoms with E-state index in [1.165, 1.54) is 29.9 Å². The number of carbonyl (C=O) groups excluding carboxylic acids is 1. The molecule has 0 aromatic heterocycles. The highest BCUT2D eigenvalue weighted by Gasteiger charge is 2.26. The third-order valence-electron chi connectivity index (χ3n) is 4.15. The van der Waals surface area contributed by atoms with E-state index in [0.29, 0.717) is 38.0 Å². The van der Waals surface area contributed by atoms with Gasteiger partial charge in [0, 0.05) is 24.8 Å². The van der Waals surface area contributed by atoms with Crippen molar-refractivity contribution in [2.45, 2.75) is 23.8 Å². The van der Waals surface area contributed by atoms with Crippen molar-refractivity contribution in [2.75, 3.05) is 38.2 Å². The van der Waals surface area contributed by atoms with Crippen LogP contribution in [0.2, 0.25) is 0 Å². The molecule has 126 valence electrons. The Bertz CT molecular complexity index is 670. The van der Waals surface area contributed by atoms with E-state index in [4.69, 9.17) is 4.74 Å². The molecule has 1 saturated heterocycles. The molecule has 1 aromatic carbocycles. The molecule has 2 aliphatic rings. The van der Waals surface area contributed by atoms with Gasteiger partial charge >= 0.3 is 6.09 Å². The number of amides is 1. The van der Waals surface area contributed by atoms with E-state index in [0.717, 1.165) is 0 Å². The van der Waals surface area contributed by atoms with Gasteiger partial charge in [-0.25, -0.2) is 17.9 Å². The maximum absolute atomic E-state index is 12.3. The zero-order valence-corrected chi connectivity index (χ0v) is 13.9. The Kier molecular flexibility index (Phi) is 4.56. The number of nitrogens with one attached hydrogen (secondary N) is 1. The number of hydrogen-bond acceptors (Lipinski definition) is 5. The molecule has 0 spiro atoms. The van der Waals surface area contributed by atoms with Gasteiger partial charge in [-0.15, -0.1) is 0 Å². The van der Waals surface area contributed by atoms with Gasteiger partial charge < -0.3 is 9.64 Å². The molecule has 1 amide bonds. The van der Waals surface area contributed by atoms with E-state index in [2.05, 4.69) is 9.62 Å². The van der Waals surface area contributed by atoms with Crippen LogP contribution in [0.3, 0.4) is 0 Å². The van der Waals surface area contributed by atoms with Crippen molar-refractivity contribution >= 4 is 21.8 Å². The second-order valence-corrected chi connectivity index (χ2v) is 7.64. The number of cyclic esters (lactones) is 1. The molecule has 0 bridgehead atoms. The van der Waals surface area contributed by atoms with Gasteiger partial charge in [0.25, 0.3) is 0 Å². The molecule has 0 unspecified atom stereocenters. The summed E-state index contributed by atoms with van der Waals surface area (Å²) >= 11 is 0. The van der Waals surface area contributed by atoms with Gasteiger partial charge in [-0.2, -0.15) is 0 Å². The molecule has 3 rings (SSSR count). The van der Waals surface area contributed by atoms with E-state index >= 15 is 0 Å². The largest absolute Gasteiger partial charge is 0.447 e. The van der Waals surface area contributed by atoms with Gasteiger partial charge in [-0.1, -0.05) is 0 Å². The Labute approximate surface area is 136 Å². The summed E-state index contributed by atoms with van der Waals surface area (Å²) in [6.07, 6.45) is 2.00. The summed E-state index contributed by atoms with van der Waals surface area (Å²) < 4.78 is 32.0. The lowest BCUT2D eigenvalue weighted by atomic mass is 10.3. The number of sulfonamides is 1. The van der Waals surface area contributed by atoms with Crippen LogP contribution in [0.5, 0.6) is 0 Å². The Hall–Kier alpha value is -1.64. The number of anilines is 1. The number of rotatable bonds is 7. The van der Waals surface area contributed by atoms with Crippen molar-refractivity contribution in [3.05, 3.63) is 24.3 Å². The quantitative estimate of drug-likeness (QED) is 0.802. The maximum atomic E-state index is 12.3. The molecule has 0 radical (unpaired) electrons. The fourth-order valence-corrected chi connectivity index (χ4v) is 3.59. The van der Waals surface area contributed by atoms with Crippen LogP contribution in [0.1, 0.15) is 12.8 Å². The maximum Gasteiger partial charge on any atom is 0.414 e. The van der Waals surface area contributed by atoms with E-state index in [1.807, 2.05) is 7.05 Å². The second-order valence-electron chi connectivity index (χ2n) is 5.87. The summed E-state index contributed by atoms with van der Waals surface area (Å²) in [6.45, 7) is 1.92. The monoisotopic (exact) mass is 339 g/mol. The molecule has 1 aliphatic carbocycles. The minimum Gasteiger partial charge on any atom is -0.447 e. The van der Waals surface area contributed by atoms with E-state index < -0.39 is 16.1 Å². The van der Waals surface area contributed by atoms with E-state index in [1.54, 1.807) is 12.1 Å². The van der Waals surface area contributed by atoms with Gasteiger partial charge in [0.1, 0.15) is 6.61 Å². The van der Waals surface area contributed by atoms with Crippen LogP contribution < -0.4 is 9.62 Å². The lowest BCUT2D eigenvalue weighted by molar-refractivity contribution is 0.181. The van der Waals surface area contributed by atoms with Gasteiger partial charge in [0.2, 0.25) is 10.0 Å². The number of hydrogen-bond donors (Lipinski definition) is 1. The fourth-order valence-electron chi connectivity index (χ4n) is 2.57. The SMILES string of the molecule is CN(CCNS(=O)(=O)c1ccc(N2CCOC2=O)cc1)C1CC1. The van der Waals surface area contributed by atoms with Crippen LogP contribution in [-0.2, 0) is 14.8 Å². The number of ether oxygens (including phenoxy) is 1. The van der Waals surface area contributed by atoms with Crippen molar-refractivity contribution in [1.82, 2.24) is 9.62 Å². The average Bonchev–Trinajstić information content (AvgIpc) is 3.29. The molecule has 1 heterocycles. The highest BCUT2D eigenvalue weighted by molar-refractivity contribution is 7.89. The first-order valence-corrected chi connectivity index (χ1v) is 9.20. The van der Waals surface area contributed by atoms with Crippen molar-refractivity contribution < 1.29 is 17.9 Å². The summed E-state index contributed by atoms with van der Waals surface area (Å²) in [7, 11) is -1.52. The highest BCUT2D eigenvalue weighted by atomic mass is 32.2. The minimum atomic E-state index is -3.53. The smallest absolute Gasteiger partial charge is 0.414 e. The number of benzene rings is 1. The molecular weight excluding hydrogens is 318 g/mol. The van der Waals surface area contributed by atoms with E-state index in [-0.39, 0.29) is 4.90 Å². The number of likely N-dealkylation sites (N-methyl/N-ethyl adjacent to an activating group) is 1. The zero-order valence-electron chi connectivity index (χ0n) is 13.1. The second kappa shape index (κ2) is 6.46. The van der Waals surface area contributed by atoms with Crippen LogP contribution in [0, 0.1) is 0 Å². The predicted molar refractivity (Wildman–Crippen MR) is 86.0 cm³/mol. The van der Waals surface area contributed by atoms with Gasteiger partial charge in [0.15, 0.2) is 0 Å². The van der Waals surface area contributed by atoms with Crippen molar-refractivity contribution in [3.8, 4) is 0 Å². The van der Waals surface area contributed by atoms with Crippen LogP contribution in [0.15, 0.2) is 29.2 Å². The third-order valence-corrected chi connectivity index (χ3v) is 5.62. The van der Waals surface area contributed by atoms with Crippen LogP contribution in [-0.4, -0.2) is 58.7 Å². The van der Waals surface area contributed by atoms with Crippen LogP contribution in [0.4, 0.5) is 10.5 Å². The van der Waals surface area contributed by atoms with Gasteiger partial charge in [-0.3, -0.25) is 4.90 Å². The zero-order chi connectivity index (χ0) is 16.4. The van der Waals surface area contributed by atoms with Crippen molar-refractivity contribution in [3.63, 3.8) is 0 Å². The molecule has 0 atom stereocenters. The Balaban J connectivity index is 1.59. The predicted octanol–water partition coefficient (Wildman–Crippen LogP) is 1.02. The lowest BCUT2D eigenvalue weighted by Crippen LogP contribution is -2.34. The van der Waals surface area contributed by atoms with Crippen molar-refractivity contribution in [1.29, 1.82) is 0 Å². The first-order chi connectivity index (χ1) is 11.0. The molecule has 1 aliphatic heterocycles. The summed E-state index contributed by atoms with van der Waals surface area (Å²) in [4.78, 5) is 15.3. The Morgan fingerprint density at radius 2 is 2.00 bits per heavy atom. The molecule has 8 heteroatoms. The summed E-state index contributed by atoms with van der Waals surface area (Å²) in [5.74, 6) is 0.